The first-order chi connectivity index (χ1) is 14.0. The second kappa shape index (κ2) is 8.87. The van der Waals surface area contributed by atoms with Gasteiger partial charge in [0.1, 0.15) is 5.75 Å². The number of sulfone groups is 1. The van der Waals surface area contributed by atoms with Crippen LogP contribution in [0.25, 0.3) is 11.4 Å². The molecule has 0 aliphatic carbocycles. The Hall–Kier alpha value is -3.20. The Morgan fingerprint density at radius 1 is 1.07 bits per heavy atom. The van der Waals surface area contributed by atoms with Crippen molar-refractivity contribution in [1.82, 2.24) is 10.1 Å². The quantitative estimate of drug-likeness (QED) is 0.515. The maximum Gasteiger partial charge on any atom is 0.339 e. The number of benzene rings is 2. The van der Waals surface area contributed by atoms with Gasteiger partial charge >= 0.3 is 5.97 Å². The zero-order valence-corrected chi connectivity index (χ0v) is 16.8. The Labute approximate surface area is 168 Å². The number of ether oxygens (including phenoxy) is 2. The van der Waals surface area contributed by atoms with E-state index in [9.17, 15) is 13.2 Å². The highest BCUT2D eigenvalue weighted by Gasteiger charge is 2.22. The number of nitrogens with zero attached hydrogens (tertiary/aromatic N) is 2. The van der Waals surface area contributed by atoms with Gasteiger partial charge in [-0.25, -0.2) is 13.2 Å². The topological polar surface area (TPSA) is 109 Å². The Bertz CT molecular complexity index is 1110. The van der Waals surface area contributed by atoms with E-state index >= 15 is 0 Å². The van der Waals surface area contributed by atoms with Gasteiger partial charge in [0.2, 0.25) is 5.82 Å². The van der Waals surface area contributed by atoms with Crippen molar-refractivity contribution < 1.29 is 27.2 Å². The van der Waals surface area contributed by atoms with E-state index in [2.05, 4.69) is 10.1 Å². The van der Waals surface area contributed by atoms with E-state index in [-0.39, 0.29) is 28.7 Å². The number of esters is 1. The van der Waals surface area contributed by atoms with Gasteiger partial charge < -0.3 is 14.0 Å². The summed E-state index contributed by atoms with van der Waals surface area (Å²) in [6.45, 7) is 3.58. The molecule has 2 aromatic carbocycles. The normalized spacial score (nSPS) is 11.2. The second-order valence-corrected chi connectivity index (χ2v) is 8.16. The van der Waals surface area contributed by atoms with Gasteiger partial charge in [-0.3, -0.25) is 0 Å². The van der Waals surface area contributed by atoms with E-state index < -0.39 is 15.8 Å². The van der Waals surface area contributed by atoms with Crippen LogP contribution in [-0.2, 0) is 21.2 Å². The van der Waals surface area contributed by atoms with Gasteiger partial charge in [-0.15, -0.1) is 0 Å². The molecule has 0 fully saturated rings. The van der Waals surface area contributed by atoms with Gasteiger partial charge in [0, 0.05) is 0 Å². The van der Waals surface area contributed by atoms with Gasteiger partial charge in [0.05, 0.1) is 28.4 Å². The average molecular weight is 416 g/mol. The third kappa shape index (κ3) is 4.62. The zero-order chi connectivity index (χ0) is 20.9. The van der Waals surface area contributed by atoms with Crippen LogP contribution < -0.4 is 4.74 Å². The zero-order valence-electron chi connectivity index (χ0n) is 16.0. The van der Waals surface area contributed by atoms with Crippen molar-refractivity contribution in [3.63, 3.8) is 0 Å². The van der Waals surface area contributed by atoms with E-state index in [0.29, 0.717) is 23.7 Å². The first kappa shape index (κ1) is 20.5. The van der Waals surface area contributed by atoms with Crippen molar-refractivity contribution in [3.05, 3.63) is 60.0 Å². The molecule has 0 aliphatic rings. The molecular weight excluding hydrogens is 396 g/mol. The molecule has 0 amide bonds. The molecule has 1 heterocycles. The lowest BCUT2D eigenvalue weighted by atomic mass is 10.2. The fourth-order valence-corrected chi connectivity index (χ4v) is 3.71. The minimum atomic E-state index is -3.57. The van der Waals surface area contributed by atoms with E-state index in [0.717, 1.165) is 0 Å². The van der Waals surface area contributed by atoms with Crippen LogP contribution >= 0.6 is 0 Å². The summed E-state index contributed by atoms with van der Waals surface area (Å²) in [6, 6.07) is 13.1. The summed E-state index contributed by atoms with van der Waals surface area (Å²) in [4.78, 5) is 16.6. The summed E-state index contributed by atoms with van der Waals surface area (Å²) in [5.74, 6) is 0.0819. The third-order valence-corrected chi connectivity index (χ3v) is 5.83. The van der Waals surface area contributed by atoms with Gasteiger partial charge in [-0.05, 0) is 31.2 Å². The summed E-state index contributed by atoms with van der Waals surface area (Å²) in [5, 5.41) is 3.90. The molecule has 0 radical (unpaired) electrons. The largest absolute Gasteiger partial charge is 0.493 e. The molecule has 3 aromatic rings. The molecule has 0 saturated heterocycles. The maximum absolute atomic E-state index is 12.4. The predicted octanol–water partition coefficient (Wildman–Crippen LogP) is 3.29. The molecular formula is C20H20N2O6S. The smallest absolute Gasteiger partial charge is 0.339 e. The Morgan fingerprint density at radius 3 is 2.55 bits per heavy atom. The molecule has 0 N–H and O–H groups in total. The summed E-state index contributed by atoms with van der Waals surface area (Å²) in [5.41, 5.74) is 0.617. The van der Waals surface area contributed by atoms with E-state index in [1.807, 2.05) is 19.1 Å². The fourth-order valence-electron chi connectivity index (χ4n) is 2.62. The molecule has 0 spiro atoms. The lowest BCUT2D eigenvalue weighted by Gasteiger charge is -2.08. The van der Waals surface area contributed by atoms with Gasteiger partial charge in [0.15, 0.2) is 16.4 Å². The minimum Gasteiger partial charge on any atom is -0.493 e. The van der Waals surface area contributed by atoms with Gasteiger partial charge in [0.25, 0.3) is 5.89 Å². The van der Waals surface area contributed by atoms with Crippen LogP contribution in [-0.4, -0.2) is 36.9 Å². The predicted molar refractivity (Wildman–Crippen MR) is 104 cm³/mol. The van der Waals surface area contributed by atoms with Crippen LogP contribution in [0.4, 0.5) is 0 Å². The molecule has 0 bridgehead atoms. The molecule has 152 valence electrons. The molecule has 3 rings (SSSR count). The number of rotatable bonds is 8. The Morgan fingerprint density at radius 2 is 1.79 bits per heavy atom. The van der Waals surface area contributed by atoms with E-state index in [4.69, 9.17) is 14.0 Å². The molecule has 29 heavy (non-hydrogen) atoms. The highest BCUT2D eigenvalue weighted by atomic mass is 32.2. The maximum atomic E-state index is 12.4. The first-order valence-corrected chi connectivity index (χ1v) is 10.6. The average Bonchev–Trinajstić information content (AvgIpc) is 3.21. The molecule has 0 saturated carbocycles. The number of carbonyl (C=O) groups is 1. The number of hydrogen-bond donors (Lipinski definition) is 0. The first-order valence-electron chi connectivity index (χ1n) is 9.00. The molecule has 1 aromatic heterocycles. The molecule has 0 aliphatic heterocycles. The Kier molecular flexibility index (Phi) is 6.28. The van der Waals surface area contributed by atoms with Crippen LogP contribution in [0.2, 0.25) is 0 Å². The molecule has 9 heteroatoms. The van der Waals surface area contributed by atoms with Crippen molar-refractivity contribution in [2.24, 2.45) is 0 Å². The van der Waals surface area contributed by atoms with Crippen LogP contribution in [0.3, 0.4) is 0 Å². The summed E-state index contributed by atoms with van der Waals surface area (Å²) >= 11 is 0. The van der Waals surface area contributed by atoms with Crippen molar-refractivity contribution >= 4 is 15.8 Å². The fraction of sp³-hybridized carbons (Fsp3) is 0.250. The van der Waals surface area contributed by atoms with Crippen molar-refractivity contribution in [2.75, 3.05) is 12.4 Å². The van der Waals surface area contributed by atoms with Crippen molar-refractivity contribution in [1.29, 1.82) is 0 Å². The van der Waals surface area contributed by atoms with E-state index in [1.165, 1.54) is 19.1 Å². The minimum absolute atomic E-state index is 0.0317. The van der Waals surface area contributed by atoms with E-state index in [1.54, 1.807) is 24.3 Å². The summed E-state index contributed by atoms with van der Waals surface area (Å²) < 4.78 is 40.3. The Balaban J connectivity index is 1.75. The number of hydrogen-bond acceptors (Lipinski definition) is 8. The molecule has 0 unspecified atom stereocenters. The van der Waals surface area contributed by atoms with Gasteiger partial charge in [-0.1, -0.05) is 36.3 Å². The number of aromatic nitrogens is 2. The summed E-state index contributed by atoms with van der Waals surface area (Å²) in [6.07, 6.45) is 0. The highest BCUT2D eigenvalue weighted by Crippen LogP contribution is 2.27. The number of para-hydroxylation sites is 1. The van der Waals surface area contributed by atoms with Crippen LogP contribution in [0.5, 0.6) is 5.75 Å². The number of carbonyl (C=O) groups excluding carboxylic acids is 1. The SMILES string of the molecule is CCOc1ccccc1-c1noc(COC(=O)c2ccccc2S(=O)(=O)CC)n1. The standard InChI is InChI=1S/C20H20N2O6S/c1-3-26-16-11-7-5-9-14(16)19-21-18(28-22-19)13-27-20(23)15-10-6-8-12-17(15)29(24,25)4-2/h5-12H,3-4,13H2,1-2H3. The third-order valence-electron chi connectivity index (χ3n) is 4.04. The van der Waals surface area contributed by atoms with Crippen molar-refractivity contribution in [2.45, 2.75) is 25.3 Å². The monoisotopic (exact) mass is 416 g/mol. The molecule has 8 nitrogen and oxygen atoms in total. The van der Waals surface area contributed by atoms with Crippen LogP contribution in [0.15, 0.2) is 57.9 Å². The lowest BCUT2D eigenvalue weighted by Crippen LogP contribution is -2.13. The highest BCUT2D eigenvalue weighted by molar-refractivity contribution is 7.91. The van der Waals surface area contributed by atoms with Gasteiger partial charge in [-0.2, -0.15) is 4.98 Å². The molecule has 0 atom stereocenters. The van der Waals surface area contributed by atoms with Crippen LogP contribution in [0, 0.1) is 0 Å². The van der Waals surface area contributed by atoms with Crippen LogP contribution in [0.1, 0.15) is 30.1 Å². The summed E-state index contributed by atoms with van der Waals surface area (Å²) in [7, 11) is -3.57. The van der Waals surface area contributed by atoms with Crippen molar-refractivity contribution in [3.8, 4) is 17.1 Å². The lowest BCUT2D eigenvalue weighted by molar-refractivity contribution is 0.0425. The second-order valence-electron chi connectivity index (χ2n) is 5.92.